The number of aromatic hydroxyl groups is 1. The molecule has 1 N–H and O–H groups in total. The second kappa shape index (κ2) is 6.16. The number of pyridine rings is 1. The lowest BCUT2D eigenvalue weighted by atomic mass is 10.0. The predicted molar refractivity (Wildman–Crippen MR) is 91.3 cm³/mol. The van der Waals surface area contributed by atoms with Crippen LogP contribution >= 0.6 is 0 Å². The van der Waals surface area contributed by atoms with Crippen LogP contribution in [-0.4, -0.2) is 33.7 Å². The summed E-state index contributed by atoms with van der Waals surface area (Å²) in [5.74, 6) is 0.919. The number of ether oxygens (including phenoxy) is 1. The van der Waals surface area contributed by atoms with Crippen molar-refractivity contribution in [2.45, 2.75) is 18.9 Å². The van der Waals surface area contributed by atoms with E-state index in [2.05, 4.69) is 19.9 Å². The van der Waals surface area contributed by atoms with Crippen molar-refractivity contribution in [3.8, 4) is 11.6 Å². The Hall–Kier alpha value is -2.96. The highest BCUT2D eigenvalue weighted by molar-refractivity contribution is 5.80. The Balaban J connectivity index is 1.77. The highest BCUT2D eigenvalue weighted by atomic mass is 19.1. The fourth-order valence-electron chi connectivity index (χ4n) is 3.41. The van der Waals surface area contributed by atoms with Gasteiger partial charge in [-0.2, -0.15) is 0 Å². The van der Waals surface area contributed by atoms with Crippen molar-refractivity contribution >= 4 is 16.9 Å². The molecule has 1 saturated heterocycles. The van der Waals surface area contributed by atoms with E-state index in [9.17, 15) is 9.50 Å². The molecule has 4 rings (SSSR count). The minimum absolute atomic E-state index is 0.0395. The molecule has 0 aliphatic carbocycles. The van der Waals surface area contributed by atoms with Gasteiger partial charge in [-0.25, -0.2) is 19.3 Å². The summed E-state index contributed by atoms with van der Waals surface area (Å²) in [7, 11) is 1.58. The van der Waals surface area contributed by atoms with Crippen molar-refractivity contribution < 1.29 is 14.2 Å². The number of fused-ring (bicyclic) bond motifs is 1. The first kappa shape index (κ1) is 15.6. The number of hydrogen-bond donors (Lipinski definition) is 1. The third kappa shape index (κ3) is 2.71. The maximum absolute atomic E-state index is 13.8. The first-order valence-electron chi connectivity index (χ1n) is 8.08. The van der Waals surface area contributed by atoms with Gasteiger partial charge in [0.1, 0.15) is 23.7 Å². The van der Waals surface area contributed by atoms with Crippen LogP contribution in [0.4, 0.5) is 10.2 Å². The monoisotopic (exact) mass is 340 g/mol. The molecule has 1 fully saturated rings. The molecule has 1 aliphatic heterocycles. The van der Waals surface area contributed by atoms with Crippen molar-refractivity contribution in [1.82, 2.24) is 15.0 Å². The Bertz CT molecular complexity index is 934. The van der Waals surface area contributed by atoms with Gasteiger partial charge < -0.3 is 14.7 Å². The van der Waals surface area contributed by atoms with Crippen molar-refractivity contribution in [2.75, 3.05) is 18.6 Å². The molecule has 7 heteroatoms. The lowest BCUT2D eigenvalue weighted by Crippen LogP contribution is -2.24. The summed E-state index contributed by atoms with van der Waals surface area (Å²) in [5.41, 5.74) is 1.74. The van der Waals surface area contributed by atoms with Crippen molar-refractivity contribution in [1.29, 1.82) is 0 Å². The molecule has 0 amide bonds. The third-order valence-electron chi connectivity index (χ3n) is 4.55. The molecule has 128 valence electrons. The Labute approximate surface area is 143 Å². The molecule has 0 spiro atoms. The molecule has 25 heavy (non-hydrogen) atoms. The molecular weight excluding hydrogens is 323 g/mol. The number of methoxy groups -OCH3 is 1. The maximum Gasteiger partial charge on any atom is 0.241 e. The first-order valence-corrected chi connectivity index (χ1v) is 8.08. The molecule has 1 aliphatic rings. The Morgan fingerprint density at radius 3 is 2.96 bits per heavy atom. The SMILES string of the molecule is COc1ccc(F)cc1[C@H]1CCCN1c1ccc2ncnc(O)c2n1. The van der Waals surface area contributed by atoms with Gasteiger partial charge in [0.05, 0.1) is 18.7 Å². The number of anilines is 1. The topological polar surface area (TPSA) is 71.4 Å². The van der Waals surface area contributed by atoms with Crippen molar-refractivity contribution in [2.24, 2.45) is 0 Å². The second-order valence-electron chi connectivity index (χ2n) is 5.97. The largest absolute Gasteiger partial charge is 0.496 e. The fraction of sp³-hybridized carbons (Fsp3) is 0.278. The smallest absolute Gasteiger partial charge is 0.241 e. The van der Waals surface area contributed by atoms with Crippen LogP contribution < -0.4 is 9.64 Å². The van der Waals surface area contributed by atoms with Gasteiger partial charge in [-0.3, -0.25) is 0 Å². The van der Waals surface area contributed by atoms with E-state index in [0.717, 1.165) is 24.9 Å². The molecule has 0 bridgehead atoms. The van der Waals surface area contributed by atoms with Crippen LogP contribution in [0, 0.1) is 5.82 Å². The van der Waals surface area contributed by atoms with Crippen LogP contribution in [0.1, 0.15) is 24.4 Å². The summed E-state index contributed by atoms with van der Waals surface area (Å²) in [6.45, 7) is 0.789. The molecule has 6 nitrogen and oxygen atoms in total. The standard InChI is InChI=1S/C18H17FN4O2/c1-25-15-6-4-11(19)9-12(15)14-3-2-8-23(14)16-7-5-13-17(22-16)18(24)21-10-20-13/h4-7,9-10,14H,2-3,8H2,1H3,(H,20,21,24)/t14-/m1/s1. The number of nitrogens with zero attached hydrogens (tertiary/aromatic N) is 4. The minimum atomic E-state index is -0.292. The third-order valence-corrected chi connectivity index (χ3v) is 4.55. The second-order valence-corrected chi connectivity index (χ2v) is 5.97. The van der Waals surface area contributed by atoms with Gasteiger partial charge in [0, 0.05) is 12.1 Å². The molecule has 0 radical (unpaired) electrons. The number of halogens is 1. The lowest BCUT2D eigenvalue weighted by Gasteiger charge is -2.27. The van der Waals surface area contributed by atoms with E-state index in [0.29, 0.717) is 22.6 Å². The van der Waals surface area contributed by atoms with Crippen LogP contribution in [-0.2, 0) is 0 Å². The molecule has 1 aromatic carbocycles. The molecule has 1 atom stereocenters. The summed E-state index contributed by atoms with van der Waals surface area (Å²) < 4.78 is 19.2. The molecule has 0 unspecified atom stereocenters. The zero-order valence-electron chi connectivity index (χ0n) is 13.7. The maximum atomic E-state index is 13.8. The van der Waals surface area contributed by atoms with E-state index in [-0.39, 0.29) is 17.7 Å². The minimum Gasteiger partial charge on any atom is -0.496 e. The first-order chi connectivity index (χ1) is 12.2. The van der Waals surface area contributed by atoms with Gasteiger partial charge in [0.2, 0.25) is 5.88 Å². The molecular formula is C18H17FN4O2. The van der Waals surface area contributed by atoms with Gasteiger partial charge in [-0.15, -0.1) is 0 Å². The number of benzene rings is 1. The van der Waals surface area contributed by atoms with Crippen molar-refractivity contribution in [3.63, 3.8) is 0 Å². The van der Waals surface area contributed by atoms with Gasteiger partial charge >= 0.3 is 0 Å². The predicted octanol–water partition coefficient (Wildman–Crippen LogP) is 3.22. The van der Waals surface area contributed by atoms with Crippen LogP contribution in [0.2, 0.25) is 0 Å². The number of hydrogen-bond acceptors (Lipinski definition) is 6. The van der Waals surface area contributed by atoms with E-state index in [4.69, 9.17) is 4.74 Å². The zero-order chi connectivity index (χ0) is 17.4. The van der Waals surface area contributed by atoms with Crippen LogP contribution in [0.25, 0.3) is 11.0 Å². The highest BCUT2D eigenvalue weighted by Crippen LogP contribution is 2.40. The Morgan fingerprint density at radius 2 is 2.12 bits per heavy atom. The van der Waals surface area contributed by atoms with E-state index in [1.165, 1.54) is 18.5 Å². The zero-order valence-corrected chi connectivity index (χ0v) is 13.7. The average molecular weight is 340 g/mol. The van der Waals surface area contributed by atoms with Gasteiger partial charge in [-0.1, -0.05) is 0 Å². The summed E-state index contributed by atoms with van der Waals surface area (Å²) >= 11 is 0. The fourth-order valence-corrected chi connectivity index (χ4v) is 3.41. The normalized spacial score (nSPS) is 17.2. The van der Waals surface area contributed by atoms with Gasteiger partial charge in [0.25, 0.3) is 0 Å². The van der Waals surface area contributed by atoms with Crippen LogP contribution in [0.3, 0.4) is 0 Å². The molecule has 3 aromatic rings. The van der Waals surface area contributed by atoms with E-state index >= 15 is 0 Å². The van der Waals surface area contributed by atoms with E-state index < -0.39 is 0 Å². The molecule has 3 heterocycles. The summed E-state index contributed by atoms with van der Waals surface area (Å²) in [6, 6.07) is 8.18. The van der Waals surface area contributed by atoms with E-state index in [1.54, 1.807) is 19.2 Å². The van der Waals surface area contributed by atoms with Gasteiger partial charge in [0.15, 0.2) is 5.52 Å². The van der Waals surface area contributed by atoms with E-state index in [1.807, 2.05) is 6.07 Å². The molecule has 0 saturated carbocycles. The van der Waals surface area contributed by atoms with Crippen molar-refractivity contribution in [3.05, 3.63) is 48.0 Å². The van der Waals surface area contributed by atoms with Gasteiger partial charge in [-0.05, 0) is 43.2 Å². The lowest BCUT2D eigenvalue weighted by molar-refractivity contribution is 0.404. The Kier molecular flexibility index (Phi) is 3.83. The number of rotatable bonds is 3. The molecule has 2 aromatic heterocycles. The Morgan fingerprint density at radius 1 is 1.24 bits per heavy atom. The number of aromatic nitrogens is 3. The van der Waals surface area contributed by atoms with Crippen LogP contribution in [0.15, 0.2) is 36.7 Å². The summed E-state index contributed by atoms with van der Waals surface area (Å²) in [4.78, 5) is 14.5. The summed E-state index contributed by atoms with van der Waals surface area (Å²) in [5, 5.41) is 9.94. The summed E-state index contributed by atoms with van der Waals surface area (Å²) in [6.07, 6.45) is 3.13. The van der Waals surface area contributed by atoms with Crippen LogP contribution in [0.5, 0.6) is 11.6 Å². The average Bonchev–Trinajstić information content (AvgIpc) is 3.11. The highest BCUT2D eigenvalue weighted by Gasteiger charge is 2.30. The quantitative estimate of drug-likeness (QED) is 0.789.